The van der Waals surface area contributed by atoms with E-state index in [9.17, 15) is 9.59 Å². The van der Waals surface area contributed by atoms with Gasteiger partial charge in [-0.15, -0.1) is 0 Å². The highest BCUT2D eigenvalue weighted by Gasteiger charge is 2.80. The van der Waals surface area contributed by atoms with Gasteiger partial charge in [-0.1, -0.05) is 30.3 Å². The summed E-state index contributed by atoms with van der Waals surface area (Å²) in [5.41, 5.74) is 0.528. The molecule has 4 atom stereocenters. The first kappa shape index (κ1) is 9.58. The lowest BCUT2D eigenvalue weighted by atomic mass is 9.84. The molecule has 0 amide bonds. The Morgan fingerprint density at radius 3 is 2.59 bits per heavy atom. The zero-order valence-electron chi connectivity index (χ0n) is 9.56. The second kappa shape index (κ2) is 2.87. The molecule has 0 aromatic heterocycles. The van der Waals surface area contributed by atoms with Crippen LogP contribution in [-0.4, -0.2) is 11.6 Å². The van der Waals surface area contributed by atoms with E-state index in [0.717, 1.165) is 18.4 Å². The standard InChI is InChI=1S/C15H14O2/c16-12-8-10-6-7-11-13(12)15(10,11)14(17)9-4-2-1-3-5-9/h1-5,10-11,13H,6-8H2. The number of hydrogen-bond acceptors (Lipinski definition) is 2. The van der Waals surface area contributed by atoms with Crippen molar-refractivity contribution in [3.05, 3.63) is 35.9 Å². The van der Waals surface area contributed by atoms with E-state index < -0.39 is 0 Å². The minimum atomic E-state index is -0.265. The molecule has 4 unspecified atom stereocenters. The maximum atomic E-state index is 12.7. The van der Waals surface area contributed by atoms with Crippen LogP contribution in [-0.2, 0) is 4.79 Å². The predicted octanol–water partition coefficient (Wildman–Crippen LogP) is 2.48. The van der Waals surface area contributed by atoms with Gasteiger partial charge in [-0.05, 0) is 24.7 Å². The molecule has 0 N–H and O–H groups in total. The highest BCUT2D eigenvalue weighted by Crippen LogP contribution is 2.77. The van der Waals surface area contributed by atoms with E-state index >= 15 is 0 Å². The number of hydrogen-bond donors (Lipinski definition) is 0. The number of carbonyl (C=O) groups is 2. The summed E-state index contributed by atoms with van der Waals surface area (Å²) in [4.78, 5) is 24.5. The first-order valence-corrected chi connectivity index (χ1v) is 6.39. The monoisotopic (exact) mass is 226 g/mol. The van der Waals surface area contributed by atoms with E-state index in [1.165, 1.54) is 0 Å². The van der Waals surface area contributed by atoms with Crippen molar-refractivity contribution in [2.45, 2.75) is 19.3 Å². The highest BCUT2D eigenvalue weighted by molar-refractivity contribution is 6.10. The molecule has 1 aromatic rings. The van der Waals surface area contributed by atoms with Crippen LogP contribution in [0.5, 0.6) is 0 Å². The normalized spacial score (nSPS) is 41.4. The van der Waals surface area contributed by atoms with Crippen LogP contribution in [0.4, 0.5) is 0 Å². The van der Waals surface area contributed by atoms with Crippen molar-refractivity contribution in [1.29, 1.82) is 0 Å². The van der Waals surface area contributed by atoms with Crippen LogP contribution in [0.1, 0.15) is 29.6 Å². The van der Waals surface area contributed by atoms with Crippen molar-refractivity contribution in [2.24, 2.45) is 23.2 Å². The molecule has 17 heavy (non-hydrogen) atoms. The van der Waals surface area contributed by atoms with Crippen molar-refractivity contribution >= 4 is 11.6 Å². The molecule has 2 heteroatoms. The third kappa shape index (κ3) is 0.935. The molecular weight excluding hydrogens is 212 g/mol. The maximum absolute atomic E-state index is 12.7. The number of fused-ring (bicyclic) bond motifs is 1. The molecule has 2 nitrogen and oxygen atoms in total. The Balaban J connectivity index is 1.78. The minimum Gasteiger partial charge on any atom is -0.299 e. The second-order valence-electron chi connectivity index (χ2n) is 5.66. The largest absolute Gasteiger partial charge is 0.299 e. The van der Waals surface area contributed by atoms with Crippen molar-refractivity contribution in [1.82, 2.24) is 0 Å². The molecule has 0 spiro atoms. The van der Waals surface area contributed by atoms with Gasteiger partial charge in [0.1, 0.15) is 5.78 Å². The van der Waals surface area contributed by atoms with Crippen LogP contribution in [0.2, 0.25) is 0 Å². The van der Waals surface area contributed by atoms with Crippen molar-refractivity contribution in [3.8, 4) is 0 Å². The molecule has 0 radical (unpaired) electrons. The van der Waals surface area contributed by atoms with Crippen LogP contribution >= 0.6 is 0 Å². The molecule has 0 saturated heterocycles. The highest BCUT2D eigenvalue weighted by atomic mass is 16.1. The Labute approximate surface area is 100 Å². The van der Waals surface area contributed by atoms with Gasteiger partial charge in [-0.3, -0.25) is 9.59 Å². The predicted molar refractivity (Wildman–Crippen MR) is 62.5 cm³/mol. The molecule has 3 aliphatic carbocycles. The topological polar surface area (TPSA) is 34.1 Å². The summed E-state index contributed by atoms with van der Waals surface area (Å²) in [7, 11) is 0. The molecule has 0 heterocycles. The summed E-state index contributed by atoms with van der Waals surface area (Å²) >= 11 is 0. The van der Waals surface area contributed by atoms with Crippen LogP contribution in [0.15, 0.2) is 30.3 Å². The van der Waals surface area contributed by atoms with E-state index in [2.05, 4.69) is 0 Å². The zero-order valence-corrected chi connectivity index (χ0v) is 9.56. The first-order chi connectivity index (χ1) is 8.26. The first-order valence-electron chi connectivity index (χ1n) is 6.39. The number of benzene rings is 1. The van der Waals surface area contributed by atoms with Gasteiger partial charge in [0.15, 0.2) is 5.78 Å². The number of Topliss-reactive ketones (excluding diaryl/α,β-unsaturated/α-hetero) is 2. The van der Waals surface area contributed by atoms with Crippen molar-refractivity contribution < 1.29 is 9.59 Å². The van der Waals surface area contributed by atoms with Crippen LogP contribution in [0, 0.1) is 23.2 Å². The van der Waals surface area contributed by atoms with Gasteiger partial charge in [-0.2, -0.15) is 0 Å². The lowest BCUT2D eigenvalue weighted by Crippen LogP contribution is -2.22. The third-order valence-electron chi connectivity index (χ3n) is 5.15. The third-order valence-corrected chi connectivity index (χ3v) is 5.15. The SMILES string of the molecule is O=C1CC2CCC3C1C23C(=O)c1ccccc1. The summed E-state index contributed by atoms with van der Waals surface area (Å²) in [5.74, 6) is 1.39. The molecule has 3 fully saturated rings. The van der Waals surface area contributed by atoms with Gasteiger partial charge >= 0.3 is 0 Å². The molecule has 3 aliphatic rings. The fourth-order valence-electron chi connectivity index (χ4n) is 4.53. The number of rotatable bonds is 2. The van der Waals surface area contributed by atoms with Crippen molar-refractivity contribution in [2.75, 3.05) is 0 Å². The van der Waals surface area contributed by atoms with Gasteiger partial charge in [0.2, 0.25) is 0 Å². The van der Waals surface area contributed by atoms with E-state index in [1.54, 1.807) is 0 Å². The fourth-order valence-corrected chi connectivity index (χ4v) is 4.53. The van der Waals surface area contributed by atoms with E-state index in [0.29, 0.717) is 24.0 Å². The molecule has 0 bridgehead atoms. The van der Waals surface area contributed by atoms with E-state index in [1.807, 2.05) is 30.3 Å². The second-order valence-corrected chi connectivity index (χ2v) is 5.66. The lowest BCUT2D eigenvalue weighted by molar-refractivity contribution is -0.119. The average molecular weight is 226 g/mol. The Morgan fingerprint density at radius 2 is 1.94 bits per heavy atom. The summed E-state index contributed by atoms with van der Waals surface area (Å²) in [5, 5.41) is 0. The summed E-state index contributed by atoms with van der Waals surface area (Å²) in [6, 6.07) is 9.50. The minimum absolute atomic E-state index is 0.0777. The number of carbonyl (C=O) groups excluding carboxylic acids is 2. The number of ketones is 2. The summed E-state index contributed by atoms with van der Waals surface area (Å²) in [6.07, 6.45) is 2.81. The quantitative estimate of drug-likeness (QED) is 0.726. The van der Waals surface area contributed by atoms with Gasteiger partial charge < -0.3 is 0 Å². The molecule has 1 aromatic carbocycles. The smallest absolute Gasteiger partial charge is 0.170 e. The molecular formula is C15H14O2. The molecule has 0 aliphatic heterocycles. The Hall–Kier alpha value is -1.44. The summed E-state index contributed by atoms with van der Waals surface area (Å²) < 4.78 is 0. The van der Waals surface area contributed by atoms with Crippen molar-refractivity contribution in [3.63, 3.8) is 0 Å². The maximum Gasteiger partial charge on any atom is 0.170 e. The Morgan fingerprint density at radius 1 is 1.18 bits per heavy atom. The Kier molecular flexibility index (Phi) is 1.61. The molecule has 3 saturated carbocycles. The molecule has 4 rings (SSSR count). The van der Waals surface area contributed by atoms with Crippen LogP contribution < -0.4 is 0 Å². The molecule has 86 valence electrons. The van der Waals surface area contributed by atoms with Crippen LogP contribution in [0.3, 0.4) is 0 Å². The summed E-state index contributed by atoms with van der Waals surface area (Å²) in [6.45, 7) is 0. The van der Waals surface area contributed by atoms with Crippen LogP contribution in [0.25, 0.3) is 0 Å². The lowest BCUT2D eigenvalue weighted by Gasteiger charge is -2.16. The van der Waals surface area contributed by atoms with Gasteiger partial charge in [-0.25, -0.2) is 0 Å². The average Bonchev–Trinajstić information content (AvgIpc) is 2.85. The van der Waals surface area contributed by atoms with E-state index in [4.69, 9.17) is 0 Å². The van der Waals surface area contributed by atoms with Gasteiger partial charge in [0, 0.05) is 17.9 Å². The fraction of sp³-hybridized carbons (Fsp3) is 0.467. The Bertz CT molecular complexity index is 519. The van der Waals surface area contributed by atoms with Gasteiger partial charge in [0.05, 0.1) is 5.41 Å². The van der Waals surface area contributed by atoms with Gasteiger partial charge in [0.25, 0.3) is 0 Å². The zero-order chi connectivity index (χ0) is 11.6. The van der Waals surface area contributed by atoms with E-state index in [-0.39, 0.29) is 17.1 Å².